The first-order valence-electron chi connectivity index (χ1n) is 8.69. The average Bonchev–Trinajstić information content (AvgIpc) is 3.29. The largest absolute Gasteiger partial charge is 0.459 e. The molecule has 0 bridgehead atoms. The third kappa shape index (κ3) is 4.84. The van der Waals surface area contributed by atoms with E-state index in [9.17, 15) is 9.59 Å². The summed E-state index contributed by atoms with van der Waals surface area (Å²) in [4.78, 5) is 28.2. The first kappa shape index (κ1) is 18.4. The molecule has 3 aromatic rings. The summed E-state index contributed by atoms with van der Waals surface area (Å²) in [6.07, 6.45) is 2.26. The molecular weight excluding hydrogens is 346 g/mol. The van der Waals surface area contributed by atoms with Gasteiger partial charge in [-0.25, -0.2) is 4.98 Å². The Morgan fingerprint density at radius 2 is 2.00 bits per heavy atom. The van der Waals surface area contributed by atoms with Crippen LogP contribution < -0.4 is 10.6 Å². The molecule has 2 amide bonds. The molecule has 0 fully saturated rings. The fraction of sp³-hybridized carbons (Fsp3) is 0.250. The Labute approximate surface area is 156 Å². The van der Waals surface area contributed by atoms with Gasteiger partial charge in [0.25, 0.3) is 5.91 Å². The molecule has 27 heavy (non-hydrogen) atoms. The van der Waals surface area contributed by atoms with E-state index in [4.69, 9.17) is 8.83 Å². The van der Waals surface area contributed by atoms with E-state index in [0.29, 0.717) is 31.0 Å². The molecule has 0 aliphatic heterocycles. The van der Waals surface area contributed by atoms with Crippen molar-refractivity contribution in [3.8, 4) is 11.5 Å². The third-order valence-electron chi connectivity index (χ3n) is 4.03. The zero-order valence-corrected chi connectivity index (χ0v) is 15.2. The summed E-state index contributed by atoms with van der Waals surface area (Å²) < 4.78 is 10.6. The van der Waals surface area contributed by atoms with Crippen molar-refractivity contribution in [1.82, 2.24) is 10.3 Å². The van der Waals surface area contributed by atoms with Gasteiger partial charge in [0.1, 0.15) is 5.76 Å². The molecule has 7 nitrogen and oxygen atoms in total. The minimum Gasteiger partial charge on any atom is -0.459 e. The number of nitrogens with one attached hydrogen (secondary N) is 2. The monoisotopic (exact) mass is 367 g/mol. The maximum atomic E-state index is 12.1. The number of aromatic nitrogens is 1. The number of carbonyl (C=O) groups is 2. The lowest BCUT2D eigenvalue weighted by molar-refractivity contribution is -0.116. The quantitative estimate of drug-likeness (QED) is 0.621. The molecule has 140 valence electrons. The van der Waals surface area contributed by atoms with Crippen LogP contribution in [-0.4, -0.2) is 23.3 Å². The fourth-order valence-electron chi connectivity index (χ4n) is 2.50. The normalized spacial score (nSPS) is 10.6. The first-order valence-corrected chi connectivity index (χ1v) is 8.69. The molecule has 3 rings (SSSR count). The van der Waals surface area contributed by atoms with E-state index in [1.807, 2.05) is 38.1 Å². The molecule has 2 heterocycles. The highest BCUT2D eigenvalue weighted by Crippen LogP contribution is 2.24. The van der Waals surface area contributed by atoms with Crippen LogP contribution in [0.5, 0.6) is 0 Å². The number of amides is 2. The van der Waals surface area contributed by atoms with Crippen molar-refractivity contribution in [1.29, 1.82) is 0 Å². The lowest BCUT2D eigenvalue weighted by Crippen LogP contribution is -2.25. The van der Waals surface area contributed by atoms with Gasteiger partial charge in [-0.15, -0.1) is 0 Å². The Bertz CT molecular complexity index is 909. The van der Waals surface area contributed by atoms with Crippen molar-refractivity contribution in [3.05, 3.63) is 59.9 Å². The van der Waals surface area contributed by atoms with Crippen molar-refractivity contribution in [2.24, 2.45) is 0 Å². The first-order chi connectivity index (χ1) is 13.0. The second-order valence-corrected chi connectivity index (χ2v) is 6.13. The predicted molar refractivity (Wildman–Crippen MR) is 100 cm³/mol. The maximum Gasteiger partial charge on any atom is 0.286 e. The van der Waals surface area contributed by atoms with E-state index in [-0.39, 0.29) is 17.6 Å². The minimum absolute atomic E-state index is 0.126. The smallest absolute Gasteiger partial charge is 0.286 e. The Morgan fingerprint density at radius 1 is 1.15 bits per heavy atom. The zero-order valence-electron chi connectivity index (χ0n) is 15.2. The Balaban J connectivity index is 1.48. The highest BCUT2D eigenvalue weighted by molar-refractivity contribution is 5.92. The molecule has 0 aliphatic rings. The molecule has 1 aromatic carbocycles. The van der Waals surface area contributed by atoms with E-state index in [0.717, 1.165) is 17.0 Å². The van der Waals surface area contributed by atoms with Crippen LogP contribution in [0.4, 0.5) is 5.69 Å². The summed E-state index contributed by atoms with van der Waals surface area (Å²) in [6, 6.07) is 10.6. The number of hydrogen-bond donors (Lipinski definition) is 2. The molecule has 0 atom stereocenters. The van der Waals surface area contributed by atoms with Crippen LogP contribution in [0.25, 0.3) is 11.5 Å². The van der Waals surface area contributed by atoms with E-state index < -0.39 is 0 Å². The molecule has 2 N–H and O–H groups in total. The number of aryl methyl sites for hydroxylation is 2. The summed E-state index contributed by atoms with van der Waals surface area (Å²) in [6.45, 7) is 4.14. The highest BCUT2D eigenvalue weighted by Gasteiger charge is 2.10. The third-order valence-corrected chi connectivity index (χ3v) is 4.03. The predicted octanol–water partition coefficient (Wildman–Crippen LogP) is 3.70. The fourth-order valence-corrected chi connectivity index (χ4v) is 2.50. The van der Waals surface area contributed by atoms with Gasteiger partial charge in [0.2, 0.25) is 11.8 Å². The summed E-state index contributed by atoms with van der Waals surface area (Å²) in [5, 5.41) is 5.56. The Hall–Kier alpha value is -3.35. The minimum atomic E-state index is -0.287. The topological polar surface area (TPSA) is 97.4 Å². The van der Waals surface area contributed by atoms with Gasteiger partial charge in [0, 0.05) is 24.2 Å². The van der Waals surface area contributed by atoms with Gasteiger partial charge in [-0.2, -0.15) is 0 Å². The summed E-state index contributed by atoms with van der Waals surface area (Å²) >= 11 is 0. The van der Waals surface area contributed by atoms with Crippen molar-refractivity contribution in [3.63, 3.8) is 0 Å². The lowest BCUT2D eigenvalue weighted by Gasteiger charge is -2.07. The number of oxazole rings is 1. The summed E-state index contributed by atoms with van der Waals surface area (Å²) in [5.74, 6) is 1.15. The van der Waals surface area contributed by atoms with Crippen molar-refractivity contribution in [2.75, 3.05) is 11.9 Å². The Kier molecular flexibility index (Phi) is 5.71. The number of nitrogens with zero attached hydrogens (tertiary/aromatic N) is 1. The van der Waals surface area contributed by atoms with Crippen LogP contribution in [0.15, 0.2) is 51.5 Å². The SMILES string of the molecule is Cc1nc(-c2cccc(NC(=O)CCCNC(=O)c3ccco3)c2)oc1C. The number of benzene rings is 1. The molecule has 0 spiro atoms. The molecule has 0 aliphatic carbocycles. The maximum absolute atomic E-state index is 12.1. The molecule has 2 aromatic heterocycles. The summed E-state index contributed by atoms with van der Waals surface area (Å²) in [7, 11) is 0. The van der Waals surface area contributed by atoms with E-state index in [1.165, 1.54) is 6.26 Å². The highest BCUT2D eigenvalue weighted by atomic mass is 16.4. The van der Waals surface area contributed by atoms with Gasteiger partial charge in [-0.1, -0.05) is 6.07 Å². The second-order valence-electron chi connectivity index (χ2n) is 6.13. The van der Waals surface area contributed by atoms with Crippen LogP contribution in [0.1, 0.15) is 34.9 Å². The van der Waals surface area contributed by atoms with Crippen molar-refractivity contribution in [2.45, 2.75) is 26.7 Å². The number of anilines is 1. The van der Waals surface area contributed by atoms with Crippen LogP contribution in [-0.2, 0) is 4.79 Å². The van der Waals surface area contributed by atoms with Gasteiger partial charge >= 0.3 is 0 Å². The van der Waals surface area contributed by atoms with Gasteiger partial charge in [-0.3, -0.25) is 9.59 Å². The van der Waals surface area contributed by atoms with Crippen molar-refractivity contribution < 1.29 is 18.4 Å². The molecular formula is C20H21N3O4. The molecule has 7 heteroatoms. The van der Waals surface area contributed by atoms with Gasteiger partial charge in [0.05, 0.1) is 12.0 Å². The summed E-state index contributed by atoms with van der Waals surface area (Å²) in [5.41, 5.74) is 2.32. The standard InChI is InChI=1S/C20H21N3O4/c1-13-14(2)27-20(22-13)15-6-3-7-16(12-15)23-18(24)9-4-10-21-19(25)17-8-5-11-26-17/h3,5-8,11-12H,4,9-10H2,1-2H3,(H,21,25)(H,23,24). The zero-order chi connectivity index (χ0) is 19.2. The molecule has 0 radical (unpaired) electrons. The van der Waals surface area contributed by atoms with Gasteiger partial charge in [-0.05, 0) is 50.6 Å². The van der Waals surface area contributed by atoms with Crippen LogP contribution in [0.2, 0.25) is 0 Å². The molecule has 0 saturated heterocycles. The van der Waals surface area contributed by atoms with Crippen LogP contribution in [0, 0.1) is 13.8 Å². The average molecular weight is 367 g/mol. The van der Waals surface area contributed by atoms with Crippen LogP contribution in [0.3, 0.4) is 0 Å². The van der Waals surface area contributed by atoms with Crippen molar-refractivity contribution >= 4 is 17.5 Å². The number of carbonyl (C=O) groups excluding carboxylic acids is 2. The number of hydrogen-bond acceptors (Lipinski definition) is 5. The van der Waals surface area contributed by atoms with Gasteiger partial charge in [0.15, 0.2) is 5.76 Å². The van der Waals surface area contributed by atoms with Crippen LogP contribution >= 0.6 is 0 Å². The van der Waals surface area contributed by atoms with E-state index in [1.54, 1.807) is 12.1 Å². The molecule has 0 unspecified atom stereocenters. The molecule has 0 saturated carbocycles. The number of furan rings is 1. The second kappa shape index (κ2) is 8.35. The van der Waals surface area contributed by atoms with Gasteiger partial charge < -0.3 is 19.5 Å². The van der Waals surface area contributed by atoms with E-state index >= 15 is 0 Å². The Morgan fingerprint density at radius 3 is 2.70 bits per heavy atom. The number of rotatable bonds is 7. The lowest BCUT2D eigenvalue weighted by atomic mass is 10.2. The van der Waals surface area contributed by atoms with E-state index in [2.05, 4.69) is 15.6 Å².